The summed E-state index contributed by atoms with van der Waals surface area (Å²) < 4.78 is 13.5. The van der Waals surface area contributed by atoms with Crippen LogP contribution in [0.15, 0.2) is 54.6 Å². The highest BCUT2D eigenvalue weighted by Crippen LogP contribution is 2.12. The van der Waals surface area contributed by atoms with Crippen LogP contribution in [0.25, 0.3) is 0 Å². The third-order valence-corrected chi connectivity index (χ3v) is 3.51. The molecule has 4 heteroatoms. The van der Waals surface area contributed by atoms with Crippen LogP contribution in [0.2, 0.25) is 0 Å². The van der Waals surface area contributed by atoms with Crippen LogP contribution >= 0.6 is 0 Å². The zero-order chi connectivity index (χ0) is 15.8. The molecule has 0 aliphatic heterocycles. The van der Waals surface area contributed by atoms with Crippen molar-refractivity contribution in [1.82, 2.24) is 5.32 Å². The van der Waals surface area contributed by atoms with Crippen LogP contribution in [0.1, 0.15) is 12.5 Å². The number of carbonyl (C=O) groups is 1. The Bertz CT molecular complexity index is 601. The summed E-state index contributed by atoms with van der Waals surface area (Å²) in [5.41, 5.74) is 1.65. The zero-order valence-corrected chi connectivity index (χ0v) is 12.8. The quantitative estimate of drug-likeness (QED) is 0.852. The number of amides is 1. The summed E-state index contributed by atoms with van der Waals surface area (Å²) in [6.45, 7) is 3.51. The zero-order valence-electron chi connectivity index (χ0n) is 12.8. The van der Waals surface area contributed by atoms with Crippen LogP contribution in [0.5, 0.6) is 0 Å². The van der Waals surface area contributed by atoms with E-state index in [1.54, 1.807) is 18.2 Å². The maximum Gasteiger partial charge on any atom is 0.239 e. The second-order valence-corrected chi connectivity index (χ2v) is 5.04. The van der Waals surface area contributed by atoms with Crippen molar-refractivity contribution >= 4 is 11.6 Å². The number of anilines is 1. The number of likely N-dealkylation sites (N-methyl/N-ethyl adjacent to an activating group) is 1. The van der Waals surface area contributed by atoms with E-state index in [1.165, 1.54) is 6.07 Å². The van der Waals surface area contributed by atoms with E-state index in [4.69, 9.17) is 0 Å². The number of hydrogen-bond acceptors (Lipinski definition) is 2. The standard InChI is InChI=1S/C18H21FN2O/c1-2-21(16-9-4-3-5-10-16)14-18(22)20-13-12-15-8-6-7-11-17(15)19/h3-11H,2,12-14H2,1H3,(H,20,22). The summed E-state index contributed by atoms with van der Waals surface area (Å²) in [4.78, 5) is 14.0. The lowest BCUT2D eigenvalue weighted by molar-refractivity contribution is -0.119. The normalized spacial score (nSPS) is 10.3. The van der Waals surface area contributed by atoms with E-state index in [9.17, 15) is 9.18 Å². The third kappa shape index (κ3) is 4.58. The number of para-hydroxylation sites is 1. The molecule has 3 nitrogen and oxygen atoms in total. The van der Waals surface area contributed by atoms with Gasteiger partial charge in [0.1, 0.15) is 5.82 Å². The van der Waals surface area contributed by atoms with Gasteiger partial charge >= 0.3 is 0 Å². The Kier molecular flexibility index (Phi) is 5.95. The maximum absolute atomic E-state index is 13.5. The Balaban J connectivity index is 1.81. The highest BCUT2D eigenvalue weighted by Gasteiger charge is 2.09. The predicted molar refractivity (Wildman–Crippen MR) is 87.4 cm³/mol. The first-order valence-electron chi connectivity index (χ1n) is 7.50. The Hall–Kier alpha value is -2.36. The molecule has 22 heavy (non-hydrogen) atoms. The Morgan fingerprint density at radius 1 is 1.09 bits per heavy atom. The number of rotatable bonds is 7. The van der Waals surface area contributed by atoms with Gasteiger partial charge in [-0.2, -0.15) is 0 Å². The van der Waals surface area contributed by atoms with Gasteiger partial charge in [-0.15, -0.1) is 0 Å². The Morgan fingerprint density at radius 3 is 2.45 bits per heavy atom. The summed E-state index contributed by atoms with van der Waals surface area (Å²) in [5.74, 6) is -0.279. The summed E-state index contributed by atoms with van der Waals surface area (Å²) in [5, 5.41) is 2.85. The molecule has 2 aromatic rings. The third-order valence-electron chi connectivity index (χ3n) is 3.51. The summed E-state index contributed by atoms with van der Waals surface area (Å²) in [6.07, 6.45) is 0.496. The van der Waals surface area contributed by atoms with Crippen molar-refractivity contribution in [2.45, 2.75) is 13.3 Å². The van der Waals surface area contributed by atoms with E-state index in [-0.39, 0.29) is 11.7 Å². The minimum atomic E-state index is -0.226. The molecular formula is C18H21FN2O. The second kappa shape index (κ2) is 8.17. The van der Waals surface area contributed by atoms with Crippen LogP contribution in [0.3, 0.4) is 0 Å². The molecule has 0 bridgehead atoms. The van der Waals surface area contributed by atoms with Crippen molar-refractivity contribution in [2.24, 2.45) is 0 Å². The van der Waals surface area contributed by atoms with Crippen molar-refractivity contribution in [3.8, 4) is 0 Å². The molecule has 0 aliphatic carbocycles. The first-order valence-corrected chi connectivity index (χ1v) is 7.50. The predicted octanol–water partition coefficient (Wildman–Crippen LogP) is 3.01. The number of hydrogen-bond donors (Lipinski definition) is 1. The fraction of sp³-hybridized carbons (Fsp3) is 0.278. The molecule has 0 aliphatic rings. The van der Waals surface area contributed by atoms with Gasteiger partial charge in [0.05, 0.1) is 6.54 Å². The van der Waals surface area contributed by atoms with Crippen LogP contribution in [0.4, 0.5) is 10.1 Å². The minimum absolute atomic E-state index is 0.0537. The molecule has 0 unspecified atom stereocenters. The number of benzene rings is 2. The van der Waals surface area contributed by atoms with E-state index in [1.807, 2.05) is 42.2 Å². The monoisotopic (exact) mass is 300 g/mol. The van der Waals surface area contributed by atoms with Crippen LogP contribution in [-0.2, 0) is 11.2 Å². The largest absolute Gasteiger partial charge is 0.363 e. The molecule has 1 amide bonds. The average molecular weight is 300 g/mol. The van der Waals surface area contributed by atoms with Crippen LogP contribution in [-0.4, -0.2) is 25.5 Å². The molecule has 0 fully saturated rings. The van der Waals surface area contributed by atoms with Gasteiger partial charge in [-0.1, -0.05) is 36.4 Å². The van der Waals surface area contributed by atoms with Gasteiger partial charge in [-0.25, -0.2) is 4.39 Å². The summed E-state index contributed by atoms with van der Waals surface area (Å²) in [7, 11) is 0. The molecule has 0 heterocycles. The molecule has 116 valence electrons. The molecule has 2 aromatic carbocycles. The van der Waals surface area contributed by atoms with Crippen LogP contribution < -0.4 is 10.2 Å². The molecule has 0 saturated heterocycles. The van der Waals surface area contributed by atoms with E-state index in [2.05, 4.69) is 5.32 Å². The van der Waals surface area contributed by atoms with Gasteiger partial charge in [0.15, 0.2) is 0 Å². The number of carbonyl (C=O) groups excluding carboxylic acids is 1. The molecule has 0 atom stereocenters. The minimum Gasteiger partial charge on any atom is -0.363 e. The van der Waals surface area contributed by atoms with E-state index >= 15 is 0 Å². The Morgan fingerprint density at radius 2 is 1.77 bits per heavy atom. The van der Waals surface area contributed by atoms with Crippen molar-refractivity contribution in [1.29, 1.82) is 0 Å². The smallest absolute Gasteiger partial charge is 0.239 e. The van der Waals surface area contributed by atoms with Crippen molar-refractivity contribution in [3.05, 3.63) is 66.0 Å². The molecule has 0 aromatic heterocycles. The maximum atomic E-state index is 13.5. The first-order chi connectivity index (χ1) is 10.7. The van der Waals surface area contributed by atoms with Crippen LogP contribution in [0, 0.1) is 5.82 Å². The van der Waals surface area contributed by atoms with Gasteiger partial charge in [0, 0.05) is 18.8 Å². The van der Waals surface area contributed by atoms with Gasteiger partial charge in [-0.3, -0.25) is 4.79 Å². The second-order valence-electron chi connectivity index (χ2n) is 5.04. The molecule has 0 spiro atoms. The van der Waals surface area contributed by atoms with E-state index in [0.29, 0.717) is 25.1 Å². The molecule has 0 saturated carbocycles. The lowest BCUT2D eigenvalue weighted by atomic mass is 10.1. The van der Waals surface area contributed by atoms with Crippen molar-refractivity contribution < 1.29 is 9.18 Å². The molecular weight excluding hydrogens is 279 g/mol. The fourth-order valence-corrected chi connectivity index (χ4v) is 2.29. The van der Waals surface area contributed by atoms with Crippen molar-refractivity contribution in [3.63, 3.8) is 0 Å². The van der Waals surface area contributed by atoms with Gasteiger partial charge in [-0.05, 0) is 37.1 Å². The number of halogens is 1. The van der Waals surface area contributed by atoms with Gasteiger partial charge in [0.2, 0.25) is 5.91 Å². The number of nitrogens with one attached hydrogen (secondary N) is 1. The van der Waals surface area contributed by atoms with E-state index < -0.39 is 0 Å². The summed E-state index contributed by atoms with van der Waals surface area (Å²) in [6, 6.07) is 16.5. The van der Waals surface area contributed by atoms with Crippen molar-refractivity contribution in [2.75, 3.05) is 24.5 Å². The molecule has 1 N–H and O–H groups in total. The molecule has 2 rings (SSSR count). The topological polar surface area (TPSA) is 32.3 Å². The highest BCUT2D eigenvalue weighted by molar-refractivity contribution is 5.81. The first kappa shape index (κ1) is 16.0. The number of nitrogens with zero attached hydrogens (tertiary/aromatic N) is 1. The Labute approximate surface area is 130 Å². The summed E-state index contributed by atoms with van der Waals surface area (Å²) >= 11 is 0. The SMILES string of the molecule is CCN(CC(=O)NCCc1ccccc1F)c1ccccc1. The van der Waals surface area contributed by atoms with E-state index in [0.717, 1.165) is 12.2 Å². The lowest BCUT2D eigenvalue weighted by Crippen LogP contribution is -2.38. The fourth-order valence-electron chi connectivity index (χ4n) is 2.29. The molecule has 0 radical (unpaired) electrons. The lowest BCUT2D eigenvalue weighted by Gasteiger charge is -2.22. The highest BCUT2D eigenvalue weighted by atomic mass is 19.1. The average Bonchev–Trinajstić information content (AvgIpc) is 2.55. The van der Waals surface area contributed by atoms with Gasteiger partial charge in [0.25, 0.3) is 0 Å². The van der Waals surface area contributed by atoms with Gasteiger partial charge < -0.3 is 10.2 Å².